The minimum atomic E-state index is -0.996. The van der Waals surface area contributed by atoms with E-state index >= 15 is 0 Å². The number of hydrogen-bond acceptors (Lipinski definition) is 6. The number of benzene rings is 3. The quantitative estimate of drug-likeness (QED) is 0.0930. The fraction of sp³-hybridized carbons (Fsp3) is 0.219. The molecule has 0 aliphatic heterocycles. The van der Waals surface area contributed by atoms with E-state index in [9.17, 15) is 9.90 Å². The number of methoxy groups -OCH3 is 1. The van der Waals surface area contributed by atoms with Crippen LogP contribution in [0.5, 0.6) is 0 Å². The molecule has 0 bridgehead atoms. The number of aromatic nitrogens is 1. The molecule has 200 valence electrons. The minimum Gasteiger partial charge on any atom is -0.469 e. The predicted molar refractivity (Wildman–Crippen MR) is 153 cm³/mol. The summed E-state index contributed by atoms with van der Waals surface area (Å²) in [6.45, 7) is 0. The Labute approximate surface area is 229 Å². The third kappa shape index (κ3) is 7.60. The Kier molecular flexibility index (Phi) is 9.56. The second-order valence-electron chi connectivity index (χ2n) is 9.51. The van der Waals surface area contributed by atoms with E-state index in [2.05, 4.69) is 10.3 Å². The maximum Gasteiger partial charge on any atom is 0.310 e. The van der Waals surface area contributed by atoms with E-state index in [-0.39, 0.29) is 11.8 Å². The number of amidine groups is 1. The van der Waals surface area contributed by atoms with Gasteiger partial charge in [0.15, 0.2) is 0 Å². The molecule has 39 heavy (non-hydrogen) atoms. The second kappa shape index (κ2) is 13.5. The van der Waals surface area contributed by atoms with Gasteiger partial charge in [0.2, 0.25) is 0 Å². The fourth-order valence-corrected chi connectivity index (χ4v) is 4.72. The second-order valence-corrected chi connectivity index (χ2v) is 9.51. The lowest BCUT2D eigenvalue weighted by atomic mass is 9.87. The van der Waals surface area contributed by atoms with Gasteiger partial charge < -0.3 is 15.6 Å². The van der Waals surface area contributed by atoms with Gasteiger partial charge in [-0.2, -0.15) is 0 Å². The number of carbonyl (C=O) groups excluding carboxylic acids is 1. The van der Waals surface area contributed by atoms with E-state index in [0.29, 0.717) is 30.4 Å². The summed E-state index contributed by atoms with van der Waals surface area (Å²) in [5, 5.41) is 22.3. The monoisotopic (exact) mass is 522 g/mol. The average Bonchev–Trinajstić information content (AvgIpc) is 2.99. The average molecular weight is 523 g/mol. The molecule has 7 nitrogen and oxygen atoms in total. The van der Waals surface area contributed by atoms with Gasteiger partial charge in [-0.3, -0.25) is 20.5 Å². The zero-order valence-corrected chi connectivity index (χ0v) is 22.0. The van der Waals surface area contributed by atoms with Crippen LogP contribution in [0.4, 0.5) is 0 Å². The van der Waals surface area contributed by atoms with E-state index in [1.54, 1.807) is 18.5 Å². The third-order valence-corrected chi connectivity index (χ3v) is 6.86. The van der Waals surface area contributed by atoms with Gasteiger partial charge >= 0.3 is 5.97 Å². The van der Waals surface area contributed by atoms with Gasteiger partial charge in [-0.1, -0.05) is 78.9 Å². The Morgan fingerprint density at radius 3 is 2.38 bits per heavy atom. The van der Waals surface area contributed by atoms with Gasteiger partial charge in [0.05, 0.1) is 13.0 Å². The van der Waals surface area contributed by atoms with Crippen LogP contribution in [-0.2, 0) is 22.4 Å². The number of nitrogen functional groups attached to an aromatic ring is 1. The highest BCUT2D eigenvalue weighted by molar-refractivity contribution is 5.95. The first kappa shape index (κ1) is 27.7. The molecule has 1 aromatic heterocycles. The lowest BCUT2D eigenvalue weighted by Gasteiger charge is -2.29. The SMILES string of the molecule is COC(=O)[C@H](Cc1cccc(C(=N)N)c1)[C@@H](CCc1ccccc1)NC(O)c1ccc(-c2cccnc2)cc1. The van der Waals surface area contributed by atoms with E-state index in [1.807, 2.05) is 84.9 Å². The first-order valence-corrected chi connectivity index (χ1v) is 12.9. The molecule has 0 spiro atoms. The molecule has 0 aliphatic carbocycles. The van der Waals surface area contributed by atoms with Crippen LogP contribution in [0.25, 0.3) is 11.1 Å². The Bertz CT molecular complexity index is 1360. The normalized spacial score (nSPS) is 13.3. The molecular weight excluding hydrogens is 488 g/mol. The zero-order valence-electron chi connectivity index (χ0n) is 22.0. The highest BCUT2D eigenvalue weighted by Crippen LogP contribution is 2.24. The van der Waals surface area contributed by atoms with Crippen molar-refractivity contribution < 1.29 is 14.6 Å². The number of hydrogen-bond donors (Lipinski definition) is 4. The van der Waals surface area contributed by atoms with Crippen molar-refractivity contribution in [2.24, 2.45) is 11.7 Å². The van der Waals surface area contributed by atoms with Crippen molar-refractivity contribution in [3.8, 4) is 11.1 Å². The van der Waals surface area contributed by atoms with Crippen LogP contribution < -0.4 is 11.1 Å². The molecule has 0 aliphatic rings. The standard InChI is InChI=1S/C32H34N4O3/c1-39-32(38)28(20-23-9-5-10-26(19-23)30(33)34)29(17-12-22-7-3-2-4-8-22)36-31(37)25-15-13-24(14-16-25)27-11-6-18-35-21-27/h2-11,13-16,18-19,21,28-29,31,36-37H,12,17,20H2,1H3,(H3,33,34)/t28-,29-,31?/m1/s1. The Hall–Kier alpha value is -4.33. The molecule has 5 N–H and O–H groups in total. The largest absolute Gasteiger partial charge is 0.469 e. The van der Waals surface area contributed by atoms with Crippen LogP contribution in [0.15, 0.2) is 103 Å². The molecule has 0 fully saturated rings. The summed E-state index contributed by atoms with van der Waals surface area (Å²) in [6, 6.07) is 28.5. The number of nitrogens with one attached hydrogen (secondary N) is 2. The number of carbonyl (C=O) groups is 1. The number of aliphatic hydroxyl groups is 1. The molecular formula is C32H34N4O3. The lowest BCUT2D eigenvalue weighted by Crippen LogP contribution is -2.44. The molecule has 1 heterocycles. The van der Waals surface area contributed by atoms with Crippen molar-refractivity contribution in [3.63, 3.8) is 0 Å². The number of nitrogens with zero attached hydrogens (tertiary/aromatic N) is 1. The summed E-state index contributed by atoms with van der Waals surface area (Å²) in [5.41, 5.74) is 11.0. The molecule has 0 saturated heterocycles. The molecule has 4 rings (SSSR count). The van der Waals surface area contributed by atoms with Crippen LogP contribution in [-0.4, -0.2) is 35.0 Å². The maximum atomic E-state index is 13.1. The summed E-state index contributed by atoms with van der Waals surface area (Å²) in [6.07, 6.45) is 4.21. The van der Waals surface area contributed by atoms with Crippen LogP contribution in [0, 0.1) is 11.3 Å². The van der Waals surface area contributed by atoms with Crippen LogP contribution >= 0.6 is 0 Å². The Morgan fingerprint density at radius 1 is 0.974 bits per heavy atom. The van der Waals surface area contributed by atoms with Gasteiger partial charge in [0.1, 0.15) is 12.1 Å². The highest BCUT2D eigenvalue weighted by atomic mass is 16.5. The number of aliphatic hydroxyl groups excluding tert-OH is 1. The van der Waals surface area contributed by atoms with Gasteiger partial charge in [0, 0.05) is 24.0 Å². The molecule has 3 aromatic carbocycles. The molecule has 1 unspecified atom stereocenters. The van der Waals surface area contributed by atoms with E-state index < -0.39 is 18.2 Å². The Morgan fingerprint density at radius 2 is 1.72 bits per heavy atom. The van der Waals surface area contributed by atoms with Crippen molar-refractivity contribution in [1.29, 1.82) is 5.41 Å². The molecule has 4 aromatic rings. The van der Waals surface area contributed by atoms with Gasteiger partial charge in [-0.25, -0.2) is 0 Å². The Balaban J connectivity index is 1.58. The zero-order chi connectivity index (χ0) is 27.6. The number of nitrogens with two attached hydrogens (primary N) is 1. The third-order valence-electron chi connectivity index (χ3n) is 6.86. The van der Waals surface area contributed by atoms with Crippen LogP contribution in [0.2, 0.25) is 0 Å². The number of ether oxygens (including phenoxy) is 1. The summed E-state index contributed by atoms with van der Waals surface area (Å²) in [4.78, 5) is 17.3. The van der Waals surface area contributed by atoms with Gasteiger partial charge in [-0.05, 0) is 59.2 Å². The van der Waals surface area contributed by atoms with Crippen molar-refractivity contribution in [2.75, 3.05) is 7.11 Å². The number of rotatable bonds is 12. The van der Waals surface area contributed by atoms with E-state index in [4.69, 9.17) is 15.9 Å². The van der Waals surface area contributed by atoms with Crippen molar-refractivity contribution in [3.05, 3.63) is 126 Å². The first-order valence-electron chi connectivity index (χ1n) is 12.9. The van der Waals surface area contributed by atoms with Crippen LogP contribution in [0.1, 0.15) is 34.9 Å². The molecule has 7 heteroatoms. The van der Waals surface area contributed by atoms with E-state index in [0.717, 1.165) is 22.3 Å². The van der Waals surface area contributed by atoms with Crippen LogP contribution in [0.3, 0.4) is 0 Å². The number of aryl methyl sites for hydroxylation is 1. The molecule has 0 saturated carbocycles. The van der Waals surface area contributed by atoms with E-state index in [1.165, 1.54) is 7.11 Å². The summed E-state index contributed by atoms with van der Waals surface area (Å²) in [5.74, 6) is -0.978. The summed E-state index contributed by atoms with van der Waals surface area (Å²) < 4.78 is 5.21. The fourth-order valence-electron chi connectivity index (χ4n) is 4.72. The van der Waals surface area contributed by atoms with Gasteiger partial charge in [0.25, 0.3) is 0 Å². The predicted octanol–water partition coefficient (Wildman–Crippen LogP) is 4.65. The lowest BCUT2D eigenvalue weighted by molar-refractivity contribution is -0.147. The molecule has 3 atom stereocenters. The minimum absolute atomic E-state index is 0.0321. The number of esters is 1. The first-order chi connectivity index (χ1) is 18.9. The van der Waals surface area contributed by atoms with Crippen molar-refractivity contribution in [2.45, 2.75) is 31.5 Å². The van der Waals surface area contributed by atoms with Gasteiger partial charge in [-0.15, -0.1) is 0 Å². The van der Waals surface area contributed by atoms with Crippen molar-refractivity contribution >= 4 is 11.8 Å². The molecule has 0 radical (unpaired) electrons. The smallest absolute Gasteiger partial charge is 0.310 e. The van der Waals surface area contributed by atoms with Crippen molar-refractivity contribution in [1.82, 2.24) is 10.3 Å². The summed E-state index contributed by atoms with van der Waals surface area (Å²) in [7, 11) is 1.38. The molecule has 0 amide bonds. The highest BCUT2D eigenvalue weighted by Gasteiger charge is 2.31. The number of pyridine rings is 1. The maximum absolute atomic E-state index is 13.1. The topological polar surface area (TPSA) is 121 Å². The summed E-state index contributed by atoms with van der Waals surface area (Å²) >= 11 is 0.